The van der Waals surface area contributed by atoms with Gasteiger partial charge >= 0.3 is 0 Å². The molecule has 0 aromatic heterocycles. The molecule has 3 aromatic carbocycles. The Kier molecular flexibility index (Phi) is 4.59. The number of hydrogen-bond donors (Lipinski definition) is 0. The first kappa shape index (κ1) is 15.8. The van der Waals surface area contributed by atoms with Crippen LogP contribution in [0.4, 0.5) is 0 Å². The Bertz CT molecular complexity index is 790. The Balaban J connectivity index is 2.30. The molecule has 0 saturated heterocycles. The molecule has 0 aliphatic heterocycles. The summed E-state index contributed by atoms with van der Waals surface area (Å²) in [6.07, 6.45) is 1.89. The number of allylic oxidation sites excluding steroid dienone is 1. The maximum absolute atomic E-state index is 10.3. The number of nitrogens with zero attached hydrogens (tertiary/aromatic N) is 1. The zero-order valence-corrected chi connectivity index (χ0v) is 13.5. The lowest BCUT2D eigenvalue weighted by molar-refractivity contribution is 0.585. The molecule has 0 aliphatic carbocycles. The maximum atomic E-state index is 10.3. The van der Waals surface area contributed by atoms with Gasteiger partial charge in [-0.15, -0.1) is 6.58 Å². The summed E-state index contributed by atoms with van der Waals surface area (Å²) in [5, 5.41) is 10.3. The highest BCUT2D eigenvalue weighted by Crippen LogP contribution is 2.44. The maximum Gasteiger partial charge on any atom is 0.117 e. The van der Waals surface area contributed by atoms with E-state index in [2.05, 4.69) is 24.8 Å². The van der Waals surface area contributed by atoms with Crippen LogP contribution in [0.1, 0.15) is 22.6 Å². The summed E-state index contributed by atoms with van der Waals surface area (Å²) in [4.78, 5) is 0. The van der Waals surface area contributed by atoms with Gasteiger partial charge in [0.15, 0.2) is 0 Å². The van der Waals surface area contributed by atoms with E-state index in [1.165, 1.54) is 0 Å². The van der Waals surface area contributed by atoms with Gasteiger partial charge in [0.25, 0.3) is 0 Å². The predicted octanol–water partition coefficient (Wildman–Crippen LogP) is 5.47. The quantitative estimate of drug-likeness (QED) is 0.574. The smallest absolute Gasteiger partial charge is 0.117 e. The molecule has 0 fully saturated rings. The Labute approximate surface area is 143 Å². The second-order valence-electron chi connectivity index (χ2n) is 5.78. The zero-order chi connectivity index (χ0) is 16.8. The van der Waals surface area contributed by atoms with E-state index in [0.29, 0.717) is 0 Å². The van der Waals surface area contributed by atoms with E-state index in [0.717, 1.165) is 16.7 Å². The van der Waals surface area contributed by atoms with Gasteiger partial charge in [-0.05, 0) is 16.7 Å². The lowest BCUT2D eigenvalue weighted by Crippen LogP contribution is -2.32. The largest absolute Gasteiger partial charge is 0.197 e. The molecule has 1 atom stereocenters. The van der Waals surface area contributed by atoms with Crippen LogP contribution < -0.4 is 0 Å². The van der Waals surface area contributed by atoms with Crippen molar-refractivity contribution in [2.75, 3.05) is 0 Å². The Morgan fingerprint density at radius 1 is 0.750 bits per heavy atom. The molecule has 0 N–H and O–H groups in total. The number of benzene rings is 3. The highest BCUT2D eigenvalue weighted by atomic mass is 14.4. The average Bonchev–Trinajstić information content (AvgIpc) is 2.68. The van der Waals surface area contributed by atoms with Crippen LogP contribution >= 0.6 is 0 Å². The third-order valence-corrected chi connectivity index (χ3v) is 4.50. The topological polar surface area (TPSA) is 23.8 Å². The number of nitriles is 1. The van der Waals surface area contributed by atoms with E-state index in [-0.39, 0.29) is 5.92 Å². The molecule has 0 heterocycles. The van der Waals surface area contributed by atoms with E-state index < -0.39 is 5.41 Å². The lowest BCUT2D eigenvalue weighted by Gasteiger charge is -2.35. The van der Waals surface area contributed by atoms with Crippen LogP contribution in [0.15, 0.2) is 104 Å². The minimum absolute atomic E-state index is 0.145. The zero-order valence-electron chi connectivity index (χ0n) is 13.5. The first-order valence-electron chi connectivity index (χ1n) is 8.02. The van der Waals surface area contributed by atoms with Crippen molar-refractivity contribution in [2.24, 2.45) is 0 Å². The third-order valence-electron chi connectivity index (χ3n) is 4.50. The van der Waals surface area contributed by atoms with E-state index in [1.54, 1.807) is 0 Å². The summed E-state index contributed by atoms with van der Waals surface area (Å²) in [6, 6.07) is 32.7. The number of rotatable bonds is 5. The molecule has 3 aromatic rings. The van der Waals surface area contributed by atoms with Gasteiger partial charge in [0.2, 0.25) is 0 Å². The molecule has 0 radical (unpaired) electrons. The van der Waals surface area contributed by atoms with E-state index in [4.69, 9.17) is 0 Å². The first-order chi connectivity index (χ1) is 11.8. The van der Waals surface area contributed by atoms with Gasteiger partial charge in [0, 0.05) is 5.92 Å². The van der Waals surface area contributed by atoms with Crippen molar-refractivity contribution in [3.05, 3.63) is 120 Å². The van der Waals surface area contributed by atoms with Gasteiger partial charge in [-0.1, -0.05) is 97.1 Å². The molecule has 1 nitrogen and oxygen atoms in total. The minimum Gasteiger partial charge on any atom is -0.197 e. The fraction of sp³-hybridized carbons (Fsp3) is 0.0870. The number of hydrogen-bond acceptors (Lipinski definition) is 1. The molecule has 0 amide bonds. The predicted molar refractivity (Wildman–Crippen MR) is 98.7 cm³/mol. The van der Waals surface area contributed by atoms with Crippen molar-refractivity contribution in [1.82, 2.24) is 0 Å². The van der Waals surface area contributed by atoms with E-state index in [9.17, 15) is 5.26 Å². The van der Waals surface area contributed by atoms with Gasteiger partial charge in [-0.25, -0.2) is 0 Å². The monoisotopic (exact) mass is 309 g/mol. The highest BCUT2D eigenvalue weighted by Gasteiger charge is 2.41. The second-order valence-corrected chi connectivity index (χ2v) is 5.78. The van der Waals surface area contributed by atoms with Crippen LogP contribution in [0.25, 0.3) is 0 Å². The van der Waals surface area contributed by atoms with Crippen LogP contribution in [0.5, 0.6) is 0 Å². The van der Waals surface area contributed by atoms with Crippen LogP contribution in [0.2, 0.25) is 0 Å². The molecule has 0 saturated carbocycles. The highest BCUT2D eigenvalue weighted by molar-refractivity contribution is 5.52. The first-order valence-corrected chi connectivity index (χ1v) is 8.02. The molecule has 24 heavy (non-hydrogen) atoms. The van der Waals surface area contributed by atoms with Crippen LogP contribution in [0.3, 0.4) is 0 Å². The van der Waals surface area contributed by atoms with Gasteiger partial charge in [0.1, 0.15) is 5.41 Å². The van der Waals surface area contributed by atoms with Crippen molar-refractivity contribution in [3.8, 4) is 6.07 Å². The molecule has 1 unspecified atom stereocenters. The molecule has 1 heteroatoms. The van der Waals surface area contributed by atoms with Crippen molar-refractivity contribution in [1.29, 1.82) is 5.26 Å². The summed E-state index contributed by atoms with van der Waals surface area (Å²) < 4.78 is 0. The third kappa shape index (κ3) is 2.64. The van der Waals surface area contributed by atoms with Crippen LogP contribution in [-0.4, -0.2) is 0 Å². The van der Waals surface area contributed by atoms with Crippen molar-refractivity contribution in [3.63, 3.8) is 0 Å². The Morgan fingerprint density at radius 3 is 1.54 bits per heavy atom. The van der Waals surface area contributed by atoms with Gasteiger partial charge in [-0.2, -0.15) is 5.26 Å². The molecule has 3 rings (SSSR count). The molecule has 0 bridgehead atoms. The molecule has 0 aliphatic rings. The summed E-state index contributed by atoms with van der Waals surface area (Å²) in [5.74, 6) is -0.145. The summed E-state index contributed by atoms with van der Waals surface area (Å²) in [6.45, 7) is 4.05. The van der Waals surface area contributed by atoms with Crippen molar-refractivity contribution < 1.29 is 0 Å². The average molecular weight is 309 g/mol. The fourth-order valence-corrected chi connectivity index (χ4v) is 3.35. The Morgan fingerprint density at radius 2 is 1.17 bits per heavy atom. The van der Waals surface area contributed by atoms with Crippen molar-refractivity contribution >= 4 is 0 Å². The Hall–Kier alpha value is -3.11. The van der Waals surface area contributed by atoms with E-state index in [1.807, 2.05) is 84.9 Å². The van der Waals surface area contributed by atoms with E-state index >= 15 is 0 Å². The molecular weight excluding hydrogens is 290 g/mol. The molecule has 0 spiro atoms. The van der Waals surface area contributed by atoms with Gasteiger partial charge < -0.3 is 0 Å². The summed E-state index contributed by atoms with van der Waals surface area (Å²) in [5.41, 5.74) is 2.23. The lowest BCUT2D eigenvalue weighted by atomic mass is 9.64. The minimum atomic E-state index is -0.814. The molecule has 116 valence electrons. The SMILES string of the molecule is C=CC(c1ccccc1)C(C#N)(c1ccccc1)c1ccccc1. The normalized spacial score (nSPS) is 12.1. The standard InChI is InChI=1S/C23H19N/c1-2-22(19-12-6-3-7-13-19)23(18-24,20-14-8-4-9-15-20)21-16-10-5-11-17-21/h2-17,22H,1H2. The molecular formula is C23H19N. The van der Waals surface area contributed by atoms with Crippen LogP contribution in [-0.2, 0) is 5.41 Å². The fourth-order valence-electron chi connectivity index (χ4n) is 3.35. The van der Waals surface area contributed by atoms with Gasteiger partial charge in [-0.3, -0.25) is 0 Å². The van der Waals surface area contributed by atoms with Crippen molar-refractivity contribution in [2.45, 2.75) is 11.3 Å². The summed E-state index contributed by atoms with van der Waals surface area (Å²) >= 11 is 0. The second kappa shape index (κ2) is 6.98. The van der Waals surface area contributed by atoms with Crippen LogP contribution in [0, 0.1) is 11.3 Å². The van der Waals surface area contributed by atoms with Gasteiger partial charge in [0.05, 0.1) is 6.07 Å². The summed E-state index contributed by atoms with van der Waals surface area (Å²) in [7, 11) is 0.